The van der Waals surface area contributed by atoms with E-state index < -0.39 is 0 Å². The van der Waals surface area contributed by atoms with Crippen LogP contribution >= 0.6 is 11.8 Å². The van der Waals surface area contributed by atoms with E-state index in [9.17, 15) is 14.4 Å². The van der Waals surface area contributed by atoms with E-state index in [0.29, 0.717) is 25.6 Å². The van der Waals surface area contributed by atoms with Crippen LogP contribution in [-0.4, -0.2) is 54.6 Å². The largest absolute Gasteiger partial charge is 0.356 e. The van der Waals surface area contributed by atoms with E-state index in [0.717, 1.165) is 35.7 Å². The number of likely N-dealkylation sites (tertiary alicyclic amines) is 1. The number of nitrogens with one attached hydrogen (secondary N) is 1. The second-order valence-corrected chi connectivity index (χ2v) is 9.37. The summed E-state index contributed by atoms with van der Waals surface area (Å²) < 4.78 is 0. The molecule has 0 radical (unpaired) electrons. The number of hydrogen-bond acceptors (Lipinski definition) is 4. The second-order valence-electron chi connectivity index (χ2n) is 8.23. The molecule has 7 heteroatoms. The summed E-state index contributed by atoms with van der Waals surface area (Å²) in [5.41, 5.74) is 0.951. The standard InChI is InChI=1S/C22H29N3O3S/c26-20(24-11-3-4-17(15-24)22(28)23-14-16-7-8-16)9-10-21(27)25-12-13-29-19-6-2-1-5-18(19)25/h1-2,5-6,16-17H,3-4,7-15H2,(H,23,28). The number of rotatable bonds is 6. The number of amides is 3. The first-order valence-electron chi connectivity index (χ1n) is 10.7. The van der Waals surface area contributed by atoms with Crippen LogP contribution in [0.2, 0.25) is 0 Å². The first-order valence-corrected chi connectivity index (χ1v) is 11.7. The van der Waals surface area contributed by atoms with Gasteiger partial charge in [-0.1, -0.05) is 12.1 Å². The van der Waals surface area contributed by atoms with Crippen LogP contribution in [0, 0.1) is 11.8 Å². The third kappa shape index (κ3) is 5.13. The molecule has 1 saturated carbocycles. The van der Waals surface area contributed by atoms with Gasteiger partial charge in [0.2, 0.25) is 17.7 Å². The van der Waals surface area contributed by atoms with Crippen molar-refractivity contribution in [2.75, 3.05) is 36.8 Å². The number of hydrogen-bond donors (Lipinski definition) is 1. The zero-order chi connectivity index (χ0) is 20.2. The quantitative estimate of drug-likeness (QED) is 0.776. The molecule has 1 aliphatic carbocycles. The highest BCUT2D eigenvalue weighted by atomic mass is 32.2. The van der Waals surface area contributed by atoms with Crippen LogP contribution in [0.1, 0.15) is 38.5 Å². The molecule has 29 heavy (non-hydrogen) atoms. The zero-order valence-corrected chi connectivity index (χ0v) is 17.6. The van der Waals surface area contributed by atoms with Crippen molar-refractivity contribution in [3.63, 3.8) is 0 Å². The van der Waals surface area contributed by atoms with Crippen molar-refractivity contribution >= 4 is 35.2 Å². The number of benzene rings is 1. The lowest BCUT2D eigenvalue weighted by Crippen LogP contribution is -2.46. The molecule has 0 bridgehead atoms. The number of anilines is 1. The molecule has 2 aliphatic heterocycles. The van der Waals surface area contributed by atoms with Gasteiger partial charge in [-0.25, -0.2) is 0 Å². The lowest BCUT2D eigenvalue weighted by Gasteiger charge is -2.32. The highest BCUT2D eigenvalue weighted by Crippen LogP contribution is 2.34. The highest BCUT2D eigenvalue weighted by molar-refractivity contribution is 7.99. The Morgan fingerprint density at radius 2 is 1.83 bits per heavy atom. The molecular weight excluding hydrogens is 386 g/mol. The van der Waals surface area contributed by atoms with Crippen molar-refractivity contribution in [2.24, 2.45) is 11.8 Å². The summed E-state index contributed by atoms with van der Waals surface area (Å²) in [4.78, 5) is 42.5. The molecule has 3 amide bonds. The monoisotopic (exact) mass is 415 g/mol. The molecule has 1 aromatic rings. The van der Waals surface area contributed by atoms with Gasteiger partial charge in [0, 0.05) is 49.7 Å². The molecule has 1 aromatic carbocycles. The van der Waals surface area contributed by atoms with Crippen LogP contribution in [0.5, 0.6) is 0 Å². The van der Waals surface area contributed by atoms with E-state index in [-0.39, 0.29) is 36.5 Å². The number of carbonyl (C=O) groups is 3. The summed E-state index contributed by atoms with van der Waals surface area (Å²) in [5.74, 6) is 1.48. The molecule has 0 spiro atoms. The topological polar surface area (TPSA) is 69.7 Å². The highest BCUT2D eigenvalue weighted by Gasteiger charge is 2.30. The summed E-state index contributed by atoms with van der Waals surface area (Å²) >= 11 is 1.76. The maximum absolute atomic E-state index is 12.8. The minimum absolute atomic E-state index is 0.00170. The number of piperidine rings is 1. The maximum Gasteiger partial charge on any atom is 0.227 e. The van der Waals surface area contributed by atoms with Crippen molar-refractivity contribution in [3.05, 3.63) is 24.3 Å². The van der Waals surface area contributed by atoms with Gasteiger partial charge < -0.3 is 15.1 Å². The third-order valence-corrected chi connectivity index (χ3v) is 7.03. The summed E-state index contributed by atoms with van der Waals surface area (Å²) in [6.45, 7) is 2.62. The van der Waals surface area contributed by atoms with E-state index in [1.807, 2.05) is 29.2 Å². The molecule has 2 fully saturated rings. The first kappa shape index (κ1) is 20.3. The maximum atomic E-state index is 12.8. The van der Waals surface area contributed by atoms with Crippen LogP contribution in [0.25, 0.3) is 0 Å². The van der Waals surface area contributed by atoms with Crippen molar-refractivity contribution in [1.29, 1.82) is 0 Å². The average molecular weight is 416 g/mol. The third-order valence-electron chi connectivity index (χ3n) is 5.99. The molecule has 1 saturated heterocycles. The molecule has 1 N–H and O–H groups in total. The van der Waals surface area contributed by atoms with Gasteiger partial charge in [-0.15, -0.1) is 11.8 Å². The van der Waals surface area contributed by atoms with Crippen LogP contribution in [0.3, 0.4) is 0 Å². The molecule has 0 aromatic heterocycles. The molecule has 6 nitrogen and oxygen atoms in total. The van der Waals surface area contributed by atoms with Crippen LogP contribution in [0.15, 0.2) is 29.2 Å². The van der Waals surface area contributed by atoms with Gasteiger partial charge >= 0.3 is 0 Å². The SMILES string of the molecule is O=C(NCC1CC1)C1CCCN(C(=O)CCC(=O)N2CCSc3ccccc32)C1. The normalized spacial score (nSPS) is 21.4. The van der Waals surface area contributed by atoms with E-state index in [1.54, 1.807) is 16.7 Å². The predicted octanol–water partition coefficient (Wildman–Crippen LogP) is 2.67. The van der Waals surface area contributed by atoms with Crippen LogP contribution in [-0.2, 0) is 14.4 Å². The Hall–Kier alpha value is -2.02. The number of para-hydroxylation sites is 1. The van der Waals surface area contributed by atoms with Gasteiger partial charge in [-0.2, -0.15) is 0 Å². The lowest BCUT2D eigenvalue weighted by atomic mass is 9.96. The van der Waals surface area contributed by atoms with E-state index in [4.69, 9.17) is 0 Å². The second kappa shape index (κ2) is 9.20. The summed E-state index contributed by atoms with van der Waals surface area (Å²) in [6.07, 6.45) is 4.53. The van der Waals surface area contributed by atoms with Gasteiger partial charge in [0.05, 0.1) is 11.6 Å². The molecule has 2 heterocycles. The number of carbonyl (C=O) groups excluding carboxylic acids is 3. The Morgan fingerprint density at radius 3 is 2.66 bits per heavy atom. The van der Waals surface area contributed by atoms with Gasteiger partial charge in [0.1, 0.15) is 0 Å². The van der Waals surface area contributed by atoms with Crippen molar-refractivity contribution < 1.29 is 14.4 Å². The number of nitrogens with zero attached hydrogens (tertiary/aromatic N) is 2. The van der Waals surface area contributed by atoms with Crippen molar-refractivity contribution in [2.45, 2.75) is 43.4 Å². The van der Waals surface area contributed by atoms with Crippen LogP contribution in [0.4, 0.5) is 5.69 Å². The van der Waals surface area contributed by atoms with E-state index in [2.05, 4.69) is 5.32 Å². The van der Waals surface area contributed by atoms with Crippen molar-refractivity contribution in [3.8, 4) is 0 Å². The summed E-state index contributed by atoms with van der Waals surface area (Å²) in [5, 5.41) is 3.04. The molecule has 156 valence electrons. The number of thioether (sulfide) groups is 1. The Labute approximate surface area is 176 Å². The van der Waals surface area contributed by atoms with Gasteiger partial charge in [-0.3, -0.25) is 14.4 Å². The number of fused-ring (bicyclic) bond motifs is 1. The Kier molecular flexibility index (Phi) is 6.43. The smallest absolute Gasteiger partial charge is 0.227 e. The molecule has 4 rings (SSSR count). The molecule has 3 aliphatic rings. The fraction of sp³-hybridized carbons (Fsp3) is 0.591. The fourth-order valence-electron chi connectivity index (χ4n) is 4.06. The Balaban J connectivity index is 1.27. The zero-order valence-electron chi connectivity index (χ0n) is 16.8. The minimum atomic E-state index is -0.117. The summed E-state index contributed by atoms with van der Waals surface area (Å²) in [6, 6.07) is 7.93. The first-order chi connectivity index (χ1) is 14.1. The Bertz CT molecular complexity index is 780. The van der Waals surface area contributed by atoms with E-state index >= 15 is 0 Å². The Morgan fingerprint density at radius 1 is 1.03 bits per heavy atom. The van der Waals surface area contributed by atoms with Gasteiger partial charge in [0.25, 0.3) is 0 Å². The molecular formula is C22H29N3O3S. The minimum Gasteiger partial charge on any atom is -0.356 e. The van der Waals surface area contributed by atoms with Crippen LogP contribution < -0.4 is 10.2 Å². The van der Waals surface area contributed by atoms with E-state index in [1.165, 1.54) is 12.8 Å². The fourth-order valence-corrected chi connectivity index (χ4v) is 5.06. The average Bonchev–Trinajstić information content (AvgIpc) is 3.60. The summed E-state index contributed by atoms with van der Waals surface area (Å²) in [7, 11) is 0. The predicted molar refractivity (Wildman–Crippen MR) is 114 cm³/mol. The van der Waals surface area contributed by atoms with Crippen molar-refractivity contribution in [1.82, 2.24) is 10.2 Å². The molecule has 1 unspecified atom stereocenters. The van der Waals surface area contributed by atoms with Gasteiger partial charge in [-0.05, 0) is 43.7 Å². The van der Waals surface area contributed by atoms with Gasteiger partial charge in [0.15, 0.2) is 0 Å². The molecule has 1 atom stereocenters. The lowest BCUT2D eigenvalue weighted by molar-refractivity contribution is -0.137.